The van der Waals surface area contributed by atoms with E-state index in [1.807, 2.05) is 13.8 Å². The summed E-state index contributed by atoms with van der Waals surface area (Å²) in [5.74, 6) is -0.543. The zero-order valence-corrected chi connectivity index (χ0v) is 16.5. The lowest BCUT2D eigenvalue weighted by molar-refractivity contribution is 0.282. The minimum absolute atomic E-state index is 0.00540. The number of nitrogens with zero attached hydrogens (tertiary/aromatic N) is 2. The van der Waals surface area contributed by atoms with Gasteiger partial charge in [0.15, 0.2) is 0 Å². The summed E-state index contributed by atoms with van der Waals surface area (Å²) in [6.07, 6.45) is 4.18. The van der Waals surface area contributed by atoms with Crippen molar-refractivity contribution in [3.8, 4) is 11.3 Å². The summed E-state index contributed by atoms with van der Waals surface area (Å²) in [5, 5.41) is 9.72. The molecule has 0 atom stereocenters. The van der Waals surface area contributed by atoms with Gasteiger partial charge >= 0.3 is 0 Å². The Morgan fingerprint density at radius 2 is 1.96 bits per heavy atom. The second-order valence-electron chi connectivity index (χ2n) is 6.20. The van der Waals surface area contributed by atoms with Crippen LogP contribution in [-0.4, -0.2) is 27.7 Å². The summed E-state index contributed by atoms with van der Waals surface area (Å²) in [7, 11) is -4.02. The van der Waals surface area contributed by atoms with Gasteiger partial charge in [-0.2, -0.15) is 0 Å². The molecule has 0 aliphatic carbocycles. The predicted molar refractivity (Wildman–Crippen MR) is 104 cm³/mol. The molecular formula is C19H19FN2O3S2. The molecule has 5 nitrogen and oxygen atoms in total. The van der Waals surface area contributed by atoms with Gasteiger partial charge < -0.3 is 5.11 Å². The second kappa shape index (κ2) is 7.84. The molecule has 2 aromatic heterocycles. The van der Waals surface area contributed by atoms with E-state index in [9.17, 15) is 17.9 Å². The molecule has 3 rings (SSSR count). The van der Waals surface area contributed by atoms with E-state index in [4.69, 9.17) is 0 Å². The molecule has 0 spiro atoms. The molecule has 3 aromatic rings. The lowest BCUT2D eigenvalue weighted by Crippen LogP contribution is -2.14. The Balaban J connectivity index is 2.16. The largest absolute Gasteiger partial charge is 0.392 e. The molecule has 0 bridgehead atoms. The van der Waals surface area contributed by atoms with Crippen LogP contribution >= 0.6 is 11.8 Å². The number of hydrogen-bond donors (Lipinski definition) is 1. The highest BCUT2D eigenvalue weighted by atomic mass is 32.2. The van der Waals surface area contributed by atoms with E-state index in [0.29, 0.717) is 5.56 Å². The van der Waals surface area contributed by atoms with Crippen molar-refractivity contribution in [2.24, 2.45) is 0 Å². The molecule has 0 fully saturated rings. The first-order valence-corrected chi connectivity index (χ1v) is 10.6. The van der Waals surface area contributed by atoms with Crippen LogP contribution in [0, 0.1) is 5.82 Å². The quantitative estimate of drug-likeness (QED) is 0.628. The number of benzene rings is 1. The van der Waals surface area contributed by atoms with Gasteiger partial charge in [0.25, 0.3) is 10.0 Å². The average Bonchev–Trinajstić information content (AvgIpc) is 3.07. The highest BCUT2D eigenvalue weighted by Crippen LogP contribution is 2.30. The maximum Gasteiger partial charge on any atom is 0.269 e. The number of hydrogen-bond acceptors (Lipinski definition) is 5. The molecular weight excluding hydrogens is 387 g/mol. The van der Waals surface area contributed by atoms with E-state index in [1.165, 1.54) is 48.4 Å². The average molecular weight is 407 g/mol. The molecule has 142 valence electrons. The molecule has 0 unspecified atom stereocenters. The standard InChI is InChI=1S/C19H19FN2O3S2/c1-13(2)26-15-8-16(10-21-9-15)27(24,25)22-11-14(12-23)7-19(22)17-5-3-4-6-18(17)20/h3-11,13,23H,12H2,1-2H3. The Morgan fingerprint density at radius 3 is 2.63 bits per heavy atom. The van der Waals surface area contributed by atoms with Crippen LogP contribution in [0.5, 0.6) is 0 Å². The van der Waals surface area contributed by atoms with Gasteiger partial charge in [-0.1, -0.05) is 26.0 Å². The predicted octanol–water partition coefficient (Wildman–Crippen LogP) is 3.92. The van der Waals surface area contributed by atoms with Crippen LogP contribution in [-0.2, 0) is 16.6 Å². The third kappa shape index (κ3) is 4.07. The third-order valence-corrected chi connectivity index (χ3v) is 6.40. The molecule has 0 amide bonds. The summed E-state index contributed by atoms with van der Waals surface area (Å²) in [5.41, 5.74) is 0.665. The fourth-order valence-electron chi connectivity index (χ4n) is 2.64. The van der Waals surface area contributed by atoms with Crippen molar-refractivity contribution in [3.63, 3.8) is 0 Å². The van der Waals surface area contributed by atoms with Gasteiger partial charge in [0.05, 0.1) is 12.3 Å². The van der Waals surface area contributed by atoms with Crippen molar-refractivity contribution in [2.75, 3.05) is 0 Å². The minimum atomic E-state index is -4.02. The number of thioether (sulfide) groups is 1. The van der Waals surface area contributed by atoms with E-state index in [-0.39, 0.29) is 28.0 Å². The zero-order valence-electron chi connectivity index (χ0n) is 14.8. The monoisotopic (exact) mass is 406 g/mol. The van der Waals surface area contributed by atoms with Gasteiger partial charge in [0.1, 0.15) is 10.7 Å². The van der Waals surface area contributed by atoms with E-state index in [1.54, 1.807) is 18.3 Å². The van der Waals surface area contributed by atoms with Crippen molar-refractivity contribution in [1.29, 1.82) is 0 Å². The van der Waals surface area contributed by atoms with E-state index in [0.717, 1.165) is 8.87 Å². The zero-order chi connectivity index (χ0) is 19.6. The SMILES string of the molecule is CC(C)Sc1cncc(S(=O)(=O)n2cc(CO)cc2-c2ccccc2F)c1. The molecule has 1 aromatic carbocycles. The molecule has 0 aliphatic rings. The number of rotatable bonds is 6. The van der Waals surface area contributed by atoms with Crippen molar-refractivity contribution < 1.29 is 17.9 Å². The van der Waals surface area contributed by atoms with Gasteiger partial charge in [-0.05, 0) is 29.8 Å². The van der Waals surface area contributed by atoms with Crippen molar-refractivity contribution >= 4 is 21.8 Å². The van der Waals surface area contributed by atoms with Gasteiger partial charge in [-0.15, -0.1) is 11.8 Å². The van der Waals surface area contributed by atoms with Crippen LogP contribution in [0.15, 0.2) is 64.8 Å². The van der Waals surface area contributed by atoms with Crippen LogP contribution < -0.4 is 0 Å². The van der Waals surface area contributed by atoms with E-state index < -0.39 is 15.8 Å². The van der Waals surface area contributed by atoms with Crippen molar-refractivity contribution in [3.05, 3.63) is 66.4 Å². The lowest BCUT2D eigenvalue weighted by Gasteiger charge is -2.12. The van der Waals surface area contributed by atoms with E-state index in [2.05, 4.69) is 4.98 Å². The minimum Gasteiger partial charge on any atom is -0.392 e. The van der Waals surface area contributed by atoms with Gasteiger partial charge in [-0.25, -0.2) is 16.8 Å². The maximum atomic E-state index is 14.3. The topological polar surface area (TPSA) is 72.2 Å². The summed E-state index contributed by atoms with van der Waals surface area (Å²) in [6.45, 7) is 3.65. The Morgan fingerprint density at radius 1 is 1.22 bits per heavy atom. The smallest absolute Gasteiger partial charge is 0.269 e. The van der Waals surface area contributed by atoms with Gasteiger partial charge in [0.2, 0.25) is 0 Å². The molecule has 0 radical (unpaired) electrons. The number of aliphatic hydroxyl groups is 1. The number of pyridine rings is 1. The molecule has 0 saturated heterocycles. The van der Waals surface area contributed by atoms with Crippen LogP contribution in [0.4, 0.5) is 4.39 Å². The summed E-state index contributed by atoms with van der Waals surface area (Å²) < 4.78 is 41.7. The Labute approximate surface area is 161 Å². The molecule has 27 heavy (non-hydrogen) atoms. The summed E-state index contributed by atoms with van der Waals surface area (Å²) in [4.78, 5) is 4.77. The lowest BCUT2D eigenvalue weighted by atomic mass is 10.1. The highest BCUT2D eigenvalue weighted by Gasteiger charge is 2.24. The number of aliphatic hydroxyl groups excluding tert-OH is 1. The normalized spacial score (nSPS) is 11.9. The van der Waals surface area contributed by atoms with Gasteiger partial charge in [0, 0.05) is 34.3 Å². The first kappa shape index (κ1) is 19.6. The van der Waals surface area contributed by atoms with Crippen LogP contribution in [0.1, 0.15) is 19.4 Å². The number of aromatic nitrogens is 2. The first-order valence-electron chi connectivity index (χ1n) is 8.27. The van der Waals surface area contributed by atoms with E-state index >= 15 is 0 Å². The Kier molecular flexibility index (Phi) is 5.69. The maximum absolute atomic E-state index is 14.3. The third-order valence-electron chi connectivity index (χ3n) is 3.79. The fraction of sp³-hybridized carbons (Fsp3) is 0.211. The highest BCUT2D eigenvalue weighted by molar-refractivity contribution is 8.00. The van der Waals surface area contributed by atoms with Crippen LogP contribution in [0.3, 0.4) is 0 Å². The van der Waals surface area contributed by atoms with Gasteiger partial charge in [-0.3, -0.25) is 4.98 Å². The molecule has 8 heteroatoms. The molecule has 0 saturated carbocycles. The van der Waals surface area contributed by atoms with Crippen molar-refractivity contribution in [1.82, 2.24) is 8.96 Å². The fourth-order valence-corrected chi connectivity index (χ4v) is 4.95. The van der Waals surface area contributed by atoms with Crippen LogP contribution in [0.25, 0.3) is 11.3 Å². The summed E-state index contributed by atoms with van der Waals surface area (Å²) >= 11 is 1.50. The molecule has 0 aliphatic heterocycles. The van der Waals surface area contributed by atoms with Crippen LogP contribution in [0.2, 0.25) is 0 Å². The second-order valence-corrected chi connectivity index (χ2v) is 9.66. The first-order chi connectivity index (χ1) is 12.8. The number of halogens is 1. The summed E-state index contributed by atoms with van der Waals surface area (Å²) in [6, 6.07) is 8.94. The molecule has 1 N–H and O–H groups in total. The Hall–Kier alpha value is -2.16. The Bertz CT molecular complexity index is 1060. The molecule has 2 heterocycles. The van der Waals surface area contributed by atoms with Crippen molar-refractivity contribution in [2.45, 2.75) is 35.5 Å².